The van der Waals surface area contributed by atoms with Crippen molar-refractivity contribution in [2.24, 2.45) is 0 Å². The lowest BCUT2D eigenvalue weighted by Crippen LogP contribution is -2.49. The van der Waals surface area contributed by atoms with Gasteiger partial charge < -0.3 is 10.2 Å². The number of carbonyl (C=O) groups excluding carboxylic acids is 1. The van der Waals surface area contributed by atoms with Gasteiger partial charge in [-0.05, 0) is 25.8 Å². The number of carbonyl (C=O) groups is 1. The molecule has 0 bridgehead atoms. The highest BCUT2D eigenvalue weighted by Crippen LogP contribution is 2.26. The second-order valence-corrected chi connectivity index (χ2v) is 5.65. The Bertz CT molecular complexity index is 596. The smallest absolute Gasteiger partial charge is 0.246 e. The summed E-state index contributed by atoms with van der Waals surface area (Å²) in [5, 5.41) is 3.48. The van der Waals surface area contributed by atoms with E-state index in [2.05, 4.69) is 40.9 Å². The SMILES string of the molecule is C=CC(=O)N1C[C@H](Nc2ncnc3c2C=CC3)CC[C@@H]1C. The van der Waals surface area contributed by atoms with E-state index in [1.165, 1.54) is 6.08 Å². The molecule has 1 aromatic rings. The molecule has 0 spiro atoms. The normalized spacial score (nSPS) is 23.8. The summed E-state index contributed by atoms with van der Waals surface area (Å²) in [6.07, 6.45) is 10.0. The number of piperidine rings is 1. The van der Waals surface area contributed by atoms with Gasteiger partial charge in [0.05, 0.1) is 5.69 Å². The van der Waals surface area contributed by atoms with Gasteiger partial charge >= 0.3 is 0 Å². The van der Waals surface area contributed by atoms with E-state index in [0.717, 1.165) is 36.3 Å². The number of nitrogens with one attached hydrogen (secondary N) is 1. The van der Waals surface area contributed by atoms with Gasteiger partial charge in [-0.2, -0.15) is 0 Å². The van der Waals surface area contributed by atoms with Crippen LogP contribution >= 0.6 is 0 Å². The van der Waals surface area contributed by atoms with E-state index in [1.807, 2.05) is 4.90 Å². The fraction of sp³-hybridized carbons (Fsp3) is 0.438. The van der Waals surface area contributed by atoms with E-state index in [-0.39, 0.29) is 18.0 Å². The first kappa shape index (κ1) is 13.8. The van der Waals surface area contributed by atoms with E-state index in [9.17, 15) is 4.79 Å². The number of nitrogens with zero attached hydrogens (tertiary/aromatic N) is 3. The Morgan fingerprint density at radius 3 is 3.14 bits per heavy atom. The van der Waals surface area contributed by atoms with Crippen molar-refractivity contribution in [3.8, 4) is 0 Å². The highest BCUT2D eigenvalue weighted by molar-refractivity contribution is 5.87. The minimum atomic E-state index is 0.00168. The lowest BCUT2D eigenvalue weighted by atomic mass is 9.99. The molecule has 0 unspecified atom stereocenters. The molecule has 1 aliphatic carbocycles. The van der Waals surface area contributed by atoms with Crippen molar-refractivity contribution < 1.29 is 4.79 Å². The molecule has 1 saturated heterocycles. The van der Waals surface area contributed by atoms with Crippen LogP contribution < -0.4 is 5.32 Å². The minimum Gasteiger partial charge on any atom is -0.365 e. The van der Waals surface area contributed by atoms with Crippen molar-refractivity contribution in [2.75, 3.05) is 11.9 Å². The monoisotopic (exact) mass is 284 g/mol. The maximum Gasteiger partial charge on any atom is 0.246 e. The van der Waals surface area contributed by atoms with E-state index in [0.29, 0.717) is 6.54 Å². The first-order valence-corrected chi connectivity index (χ1v) is 7.39. The summed E-state index contributed by atoms with van der Waals surface area (Å²) in [7, 11) is 0. The van der Waals surface area contributed by atoms with Crippen LogP contribution in [0.1, 0.15) is 31.0 Å². The molecule has 21 heavy (non-hydrogen) atoms. The standard InChI is InChI=1S/C16H20N4O/c1-3-15(21)20-9-12(8-7-11(20)2)19-16-13-5-4-6-14(13)17-10-18-16/h3-5,10-12H,1,6-9H2,2H3,(H,17,18,19)/t11-,12+/m0/s1. The quantitative estimate of drug-likeness (QED) is 0.863. The summed E-state index contributed by atoms with van der Waals surface area (Å²) in [5.41, 5.74) is 2.15. The highest BCUT2D eigenvalue weighted by atomic mass is 16.2. The lowest BCUT2D eigenvalue weighted by Gasteiger charge is -2.38. The topological polar surface area (TPSA) is 58.1 Å². The van der Waals surface area contributed by atoms with Crippen molar-refractivity contribution in [1.29, 1.82) is 0 Å². The summed E-state index contributed by atoms with van der Waals surface area (Å²) < 4.78 is 0. The first-order valence-electron chi connectivity index (χ1n) is 7.39. The molecule has 2 aliphatic rings. The summed E-state index contributed by atoms with van der Waals surface area (Å²) in [6, 6.07) is 0.489. The van der Waals surface area contributed by atoms with Crippen LogP contribution in [0.3, 0.4) is 0 Å². The molecule has 2 heterocycles. The van der Waals surface area contributed by atoms with Gasteiger partial charge in [0.2, 0.25) is 5.91 Å². The van der Waals surface area contributed by atoms with E-state index in [4.69, 9.17) is 0 Å². The fourth-order valence-electron chi connectivity index (χ4n) is 3.02. The highest BCUT2D eigenvalue weighted by Gasteiger charge is 2.28. The van der Waals surface area contributed by atoms with Crippen molar-refractivity contribution in [1.82, 2.24) is 14.9 Å². The second-order valence-electron chi connectivity index (χ2n) is 5.65. The van der Waals surface area contributed by atoms with Gasteiger partial charge in [0.25, 0.3) is 0 Å². The largest absolute Gasteiger partial charge is 0.365 e. The second kappa shape index (κ2) is 5.68. The van der Waals surface area contributed by atoms with Gasteiger partial charge in [-0.3, -0.25) is 4.79 Å². The molecule has 110 valence electrons. The van der Waals surface area contributed by atoms with Gasteiger partial charge in [-0.15, -0.1) is 0 Å². The van der Waals surface area contributed by atoms with Crippen LogP contribution in [0.15, 0.2) is 25.1 Å². The zero-order valence-electron chi connectivity index (χ0n) is 12.2. The number of hydrogen-bond acceptors (Lipinski definition) is 4. The number of rotatable bonds is 3. The molecule has 5 heteroatoms. The van der Waals surface area contributed by atoms with Crippen molar-refractivity contribution in [3.05, 3.63) is 36.3 Å². The van der Waals surface area contributed by atoms with Crippen LogP contribution in [0.25, 0.3) is 6.08 Å². The molecule has 1 fully saturated rings. The van der Waals surface area contributed by atoms with E-state index < -0.39 is 0 Å². The zero-order valence-corrected chi connectivity index (χ0v) is 12.2. The van der Waals surface area contributed by atoms with Gasteiger partial charge in [0.1, 0.15) is 12.1 Å². The Labute approximate surface area is 124 Å². The van der Waals surface area contributed by atoms with Crippen LogP contribution in [0.2, 0.25) is 0 Å². The van der Waals surface area contributed by atoms with Crippen LogP contribution in [0.4, 0.5) is 5.82 Å². The van der Waals surface area contributed by atoms with Crippen molar-refractivity contribution in [2.45, 2.75) is 38.3 Å². The molecule has 5 nitrogen and oxygen atoms in total. The Balaban J connectivity index is 1.74. The maximum absolute atomic E-state index is 11.9. The molecular weight excluding hydrogens is 264 g/mol. The predicted octanol–water partition coefficient (Wildman–Crippen LogP) is 2.02. The molecular formula is C16H20N4O. The molecule has 2 atom stereocenters. The maximum atomic E-state index is 11.9. The molecule has 1 aromatic heterocycles. The molecule has 0 saturated carbocycles. The summed E-state index contributed by atoms with van der Waals surface area (Å²) >= 11 is 0. The average molecular weight is 284 g/mol. The minimum absolute atomic E-state index is 0.00168. The molecule has 1 amide bonds. The Morgan fingerprint density at radius 2 is 2.33 bits per heavy atom. The van der Waals surface area contributed by atoms with Crippen LogP contribution in [-0.2, 0) is 11.2 Å². The number of anilines is 1. The zero-order chi connectivity index (χ0) is 14.8. The third-order valence-corrected chi connectivity index (χ3v) is 4.24. The molecule has 1 N–H and O–H groups in total. The number of allylic oxidation sites excluding steroid dienone is 1. The van der Waals surface area contributed by atoms with Gasteiger partial charge in [-0.25, -0.2) is 9.97 Å². The van der Waals surface area contributed by atoms with Crippen LogP contribution in [-0.4, -0.2) is 39.4 Å². The van der Waals surface area contributed by atoms with Crippen molar-refractivity contribution in [3.63, 3.8) is 0 Å². The van der Waals surface area contributed by atoms with Gasteiger partial charge in [0.15, 0.2) is 0 Å². The summed E-state index contributed by atoms with van der Waals surface area (Å²) in [5.74, 6) is 0.876. The van der Waals surface area contributed by atoms with Gasteiger partial charge in [-0.1, -0.05) is 18.7 Å². The molecule has 0 aromatic carbocycles. The molecule has 0 radical (unpaired) electrons. The third kappa shape index (κ3) is 2.68. The Morgan fingerprint density at radius 1 is 1.48 bits per heavy atom. The summed E-state index contributed by atoms with van der Waals surface area (Å²) in [6.45, 7) is 6.36. The van der Waals surface area contributed by atoms with Crippen LogP contribution in [0.5, 0.6) is 0 Å². The average Bonchev–Trinajstić information content (AvgIpc) is 2.98. The van der Waals surface area contributed by atoms with Crippen LogP contribution in [0, 0.1) is 0 Å². The molecule has 3 rings (SSSR count). The number of likely N-dealkylation sites (tertiary alicyclic amines) is 1. The Kier molecular flexibility index (Phi) is 3.73. The number of amides is 1. The lowest BCUT2D eigenvalue weighted by molar-refractivity contribution is -0.129. The fourth-order valence-corrected chi connectivity index (χ4v) is 3.02. The molecule has 1 aliphatic heterocycles. The summed E-state index contributed by atoms with van der Waals surface area (Å²) in [4.78, 5) is 22.4. The van der Waals surface area contributed by atoms with E-state index in [1.54, 1.807) is 6.33 Å². The van der Waals surface area contributed by atoms with Gasteiger partial charge in [0, 0.05) is 30.6 Å². The van der Waals surface area contributed by atoms with Crippen molar-refractivity contribution >= 4 is 17.8 Å². The third-order valence-electron chi connectivity index (χ3n) is 4.24. The predicted molar refractivity (Wildman–Crippen MR) is 82.8 cm³/mol. The number of hydrogen-bond donors (Lipinski definition) is 1. The Hall–Kier alpha value is -2.17. The number of aromatic nitrogens is 2. The van der Waals surface area contributed by atoms with E-state index >= 15 is 0 Å². The first-order chi connectivity index (χ1) is 10.2. The number of fused-ring (bicyclic) bond motifs is 1.